The lowest BCUT2D eigenvalue weighted by Gasteiger charge is -2.43. The molecule has 2 saturated heterocycles. The highest BCUT2D eigenvalue weighted by atomic mass is 16.7. The van der Waals surface area contributed by atoms with Crippen LogP contribution >= 0.6 is 0 Å². The molecule has 0 unspecified atom stereocenters. The second kappa shape index (κ2) is 10.2. The van der Waals surface area contributed by atoms with E-state index >= 15 is 0 Å². The standard InChI is InChI=1S/C19H28O10/c20-6-11-14(21)15(22)13(9-27-11)29-19-18(25)17(24)16(23)12(28-19)8-26-7-10-4-2-1-3-5-10/h1-5,11-25H,6-9H2/t11-,12-,13+,14-,15-,16+,17+,18-,19-/m0/s1. The van der Waals surface area contributed by atoms with E-state index in [2.05, 4.69) is 0 Å². The number of hydrogen-bond donors (Lipinski definition) is 6. The summed E-state index contributed by atoms with van der Waals surface area (Å²) < 4.78 is 21.8. The fraction of sp³-hybridized carbons (Fsp3) is 0.684. The van der Waals surface area contributed by atoms with Crippen molar-refractivity contribution < 1.29 is 49.6 Å². The van der Waals surface area contributed by atoms with E-state index in [1.54, 1.807) is 0 Å². The van der Waals surface area contributed by atoms with Crippen LogP contribution in [0.25, 0.3) is 0 Å². The summed E-state index contributed by atoms with van der Waals surface area (Å²) in [6.45, 7) is -0.441. The monoisotopic (exact) mass is 416 g/mol. The number of rotatable bonds is 7. The first-order chi connectivity index (χ1) is 13.9. The van der Waals surface area contributed by atoms with Crippen molar-refractivity contribution in [1.29, 1.82) is 0 Å². The lowest BCUT2D eigenvalue weighted by molar-refractivity contribution is -0.333. The summed E-state index contributed by atoms with van der Waals surface area (Å²) in [4.78, 5) is 0. The molecule has 0 aromatic heterocycles. The molecular weight excluding hydrogens is 388 g/mol. The average Bonchev–Trinajstić information content (AvgIpc) is 2.73. The molecule has 10 nitrogen and oxygen atoms in total. The van der Waals surface area contributed by atoms with Crippen molar-refractivity contribution in [3.05, 3.63) is 35.9 Å². The average molecular weight is 416 g/mol. The highest BCUT2D eigenvalue weighted by Gasteiger charge is 2.47. The van der Waals surface area contributed by atoms with Gasteiger partial charge in [0.25, 0.3) is 0 Å². The molecule has 2 heterocycles. The van der Waals surface area contributed by atoms with Gasteiger partial charge in [0.1, 0.15) is 48.8 Å². The van der Waals surface area contributed by atoms with Crippen LogP contribution in [0, 0.1) is 0 Å². The molecule has 0 radical (unpaired) electrons. The van der Waals surface area contributed by atoms with E-state index in [-0.39, 0.29) is 19.8 Å². The molecular formula is C19H28O10. The first kappa shape index (κ1) is 22.5. The predicted octanol–water partition coefficient (Wildman–Crippen LogP) is -2.49. The largest absolute Gasteiger partial charge is 0.394 e. The summed E-state index contributed by atoms with van der Waals surface area (Å²) in [5.74, 6) is 0. The molecule has 1 aromatic rings. The Labute approximate surface area is 167 Å². The third kappa shape index (κ3) is 5.30. The van der Waals surface area contributed by atoms with E-state index in [0.29, 0.717) is 0 Å². The SMILES string of the molecule is OC[C@@H]1OC[C@@H](O[C@@H]2O[C@@H](COCc3ccccc3)[C@@H](O)[C@@H](O)[C@@H]2O)[C@H](O)[C@H]1O. The van der Waals surface area contributed by atoms with Crippen LogP contribution in [0.15, 0.2) is 30.3 Å². The number of aliphatic hydroxyl groups is 6. The summed E-state index contributed by atoms with van der Waals surface area (Å²) in [5.41, 5.74) is 0.918. The first-order valence-corrected chi connectivity index (χ1v) is 9.47. The maximum Gasteiger partial charge on any atom is 0.187 e. The van der Waals surface area contributed by atoms with Crippen molar-refractivity contribution in [1.82, 2.24) is 0 Å². The van der Waals surface area contributed by atoms with Crippen LogP contribution in [0.5, 0.6) is 0 Å². The molecule has 29 heavy (non-hydrogen) atoms. The molecule has 0 saturated carbocycles. The molecule has 2 aliphatic rings. The fourth-order valence-electron chi connectivity index (χ4n) is 3.34. The van der Waals surface area contributed by atoms with Crippen LogP contribution in [0.1, 0.15) is 5.56 Å². The van der Waals surface area contributed by atoms with Crippen molar-refractivity contribution in [3.63, 3.8) is 0 Å². The summed E-state index contributed by atoms with van der Waals surface area (Å²) in [7, 11) is 0. The predicted molar refractivity (Wildman–Crippen MR) is 96.5 cm³/mol. The molecule has 9 atom stereocenters. The zero-order chi connectivity index (χ0) is 21.0. The lowest BCUT2D eigenvalue weighted by Crippen LogP contribution is -2.62. The maximum absolute atomic E-state index is 10.2. The van der Waals surface area contributed by atoms with Crippen LogP contribution in [0.3, 0.4) is 0 Å². The topological polar surface area (TPSA) is 158 Å². The smallest absolute Gasteiger partial charge is 0.187 e. The van der Waals surface area contributed by atoms with Gasteiger partial charge < -0.3 is 49.6 Å². The molecule has 2 fully saturated rings. The Balaban J connectivity index is 1.57. The van der Waals surface area contributed by atoms with Gasteiger partial charge in [0.05, 0.1) is 26.4 Å². The van der Waals surface area contributed by atoms with Gasteiger partial charge in [-0.05, 0) is 5.56 Å². The number of ether oxygens (including phenoxy) is 4. The van der Waals surface area contributed by atoms with E-state index in [9.17, 15) is 25.5 Å². The minimum Gasteiger partial charge on any atom is -0.394 e. The van der Waals surface area contributed by atoms with E-state index in [1.807, 2.05) is 30.3 Å². The maximum atomic E-state index is 10.2. The van der Waals surface area contributed by atoms with Crippen LogP contribution in [-0.4, -0.2) is 106 Å². The van der Waals surface area contributed by atoms with Gasteiger partial charge in [0, 0.05) is 0 Å². The molecule has 0 amide bonds. The van der Waals surface area contributed by atoms with Crippen LogP contribution < -0.4 is 0 Å². The fourth-order valence-corrected chi connectivity index (χ4v) is 3.34. The molecule has 6 N–H and O–H groups in total. The van der Waals surface area contributed by atoms with Crippen molar-refractivity contribution in [2.24, 2.45) is 0 Å². The van der Waals surface area contributed by atoms with Gasteiger partial charge in [-0.1, -0.05) is 30.3 Å². The molecule has 0 aliphatic carbocycles. The Morgan fingerprint density at radius 1 is 0.862 bits per heavy atom. The van der Waals surface area contributed by atoms with Crippen molar-refractivity contribution in [2.75, 3.05) is 19.8 Å². The Morgan fingerprint density at radius 2 is 1.55 bits per heavy atom. The van der Waals surface area contributed by atoms with Crippen molar-refractivity contribution in [2.45, 2.75) is 61.7 Å². The van der Waals surface area contributed by atoms with Crippen LogP contribution in [0.4, 0.5) is 0 Å². The van der Waals surface area contributed by atoms with E-state index in [1.165, 1.54) is 0 Å². The summed E-state index contributed by atoms with van der Waals surface area (Å²) in [6, 6.07) is 9.35. The van der Waals surface area contributed by atoms with E-state index in [0.717, 1.165) is 5.56 Å². The van der Waals surface area contributed by atoms with E-state index in [4.69, 9.17) is 24.1 Å². The van der Waals surface area contributed by atoms with Gasteiger partial charge in [-0.15, -0.1) is 0 Å². The van der Waals surface area contributed by atoms with Gasteiger partial charge in [-0.3, -0.25) is 0 Å². The zero-order valence-electron chi connectivity index (χ0n) is 15.7. The van der Waals surface area contributed by atoms with Crippen LogP contribution in [-0.2, 0) is 25.6 Å². The summed E-state index contributed by atoms with van der Waals surface area (Å²) in [5, 5.41) is 59.7. The van der Waals surface area contributed by atoms with Gasteiger partial charge in [-0.2, -0.15) is 0 Å². The molecule has 0 bridgehead atoms. The third-order valence-electron chi connectivity index (χ3n) is 5.14. The number of hydrogen-bond acceptors (Lipinski definition) is 10. The molecule has 0 spiro atoms. The quantitative estimate of drug-likeness (QED) is 0.281. The third-order valence-corrected chi connectivity index (χ3v) is 5.14. The summed E-state index contributed by atoms with van der Waals surface area (Å²) >= 11 is 0. The second-order valence-electron chi connectivity index (χ2n) is 7.23. The Morgan fingerprint density at radius 3 is 2.24 bits per heavy atom. The Hall–Kier alpha value is -1.18. The van der Waals surface area contributed by atoms with Gasteiger partial charge in [0.2, 0.25) is 0 Å². The van der Waals surface area contributed by atoms with Crippen molar-refractivity contribution in [3.8, 4) is 0 Å². The highest BCUT2D eigenvalue weighted by Crippen LogP contribution is 2.26. The van der Waals surface area contributed by atoms with Crippen molar-refractivity contribution >= 4 is 0 Å². The number of benzene rings is 1. The Bertz CT molecular complexity index is 616. The lowest BCUT2D eigenvalue weighted by atomic mass is 9.98. The second-order valence-corrected chi connectivity index (χ2v) is 7.23. The zero-order valence-corrected chi connectivity index (χ0v) is 15.7. The van der Waals surface area contributed by atoms with Crippen LogP contribution in [0.2, 0.25) is 0 Å². The Kier molecular flexibility index (Phi) is 7.93. The molecule has 1 aromatic carbocycles. The highest BCUT2D eigenvalue weighted by molar-refractivity contribution is 5.13. The molecule has 10 heteroatoms. The van der Waals surface area contributed by atoms with Gasteiger partial charge in [0.15, 0.2) is 6.29 Å². The molecule has 3 rings (SSSR count). The normalized spacial score (nSPS) is 40.7. The van der Waals surface area contributed by atoms with Gasteiger partial charge >= 0.3 is 0 Å². The summed E-state index contributed by atoms with van der Waals surface area (Å²) in [6.07, 6.45) is -11.7. The number of aliphatic hydroxyl groups excluding tert-OH is 6. The van der Waals surface area contributed by atoms with Gasteiger partial charge in [-0.25, -0.2) is 0 Å². The first-order valence-electron chi connectivity index (χ1n) is 9.47. The minimum atomic E-state index is -1.59. The molecule has 164 valence electrons. The van der Waals surface area contributed by atoms with E-state index < -0.39 is 61.7 Å². The minimum absolute atomic E-state index is 0.0708. The molecule has 2 aliphatic heterocycles.